The number of carbonyl (C=O) groups excluding carboxylic acids is 1. The fraction of sp³-hybridized carbons (Fsp3) is 0.182. The maximum atomic E-state index is 10.8. The highest BCUT2D eigenvalue weighted by Crippen LogP contribution is 2.08. The molecule has 0 saturated carbocycles. The number of esters is 1. The maximum Gasteiger partial charge on any atom is 0.456 e. The van der Waals surface area contributed by atoms with Gasteiger partial charge in [0.05, 0.1) is 0 Å². The molecule has 0 aromatic heterocycles. The Labute approximate surface area is 94.3 Å². The largest absolute Gasteiger partial charge is 0.458 e. The second-order valence-electron chi connectivity index (χ2n) is 3.32. The molecule has 0 heterocycles. The number of hydrogen-bond acceptors (Lipinski definition) is 4. The summed E-state index contributed by atoms with van der Waals surface area (Å²) in [4.78, 5) is 10.8. The van der Waals surface area contributed by atoms with Gasteiger partial charge in [-0.15, -0.1) is 0 Å². The van der Waals surface area contributed by atoms with Gasteiger partial charge in [0.1, 0.15) is 6.61 Å². The lowest BCUT2D eigenvalue weighted by atomic mass is 9.82. The molecular weight excluding hydrogens is 207 g/mol. The lowest BCUT2D eigenvalue weighted by Gasteiger charge is -2.05. The van der Waals surface area contributed by atoms with Crippen molar-refractivity contribution < 1.29 is 19.6 Å². The normalized spacial score (nSPS) is 9.62. The standard InChI is InChI=1S/C11H13BO4/c1-2-11(13)16-8-10-5-3-4-9(6-10)7-12(14)15/h2-6,14-15H,1,7-8H2. The van der Waals surface area contributed by atoms with Crippen molar-refractivity contribution in [3.63, 3.8) is 0 Å². The Bertz CT molecular complexity index is 376. The molecule has 0 radical (unpaired) electrons. The van der Waals surface area contributed by atoms with Gasteiger partial charge in [-0.1, -0.05) is 30.8 Å². The van der Waals surface area contributed by atoms with E-state index in [0.717, 1.165) is 17.2 Å². The first-order valence-electron chi connectivity index (χ1n) is 4.85. The van der Waals surface area contributed by atoms with E-state index in [-0.39, 0.29) is 12.9 Å². The fourth-order valence-electron chi connectivity index (χ4n) is 1.27. The molecule has 1 rings (SSSR count). The van der Waals surface area contributed by atoms with Crippen LogP contribution in [0.25, 0.3) is 0 Å². The van der Waals surface area contributed by atoms with Crippen LogP contribution in [0.5, 0.6) is 0 Å². The van der Waals surface area contributed by atoms with Gasteiger partial charge in [0.25, 0.3) is 0 Å². The topological polar surface area (TPSA) is 66.8 Å². The van der Waals surface area contributed by atoms with Crippen molar-refractivity contribution in [3.8, 4) is 0 Å². The van der Waals surface area contributed by atoms with Crippen LogP contribution in [0.1, 0.15) is 11.1 Å². The highest BCUT2D eigenvalue weighted by Gasteiger charge is 2.08. The van der Waals surface area contributed by atoms with E-state index in [2.05, 4.69) is 6.58 Å². The second kappa shape index (κ2) is 6.10. The SMILES string of the molecule is C=CC(=O)OCc1cccc(CB(O)O)c1. The third-order valence-electron chi connectivity index (χ3n) is 1.96. The molecule has 0 aliphatic heterocycles. The van der Waals surface area contributed by atoms with Gasteiger partial charge in [-0.3, -0.25) is 0 Å². The lowest BCUT2D eigenvalue weighted by molar-refractivity contribution is -0.138. The summed E-state index contributed by atoms with van der Waals surface area (Å²) in [6, 6.07) is 7.10. The van der Waals surface area contributed by atoms with Crippen LogP contribution in [-0.2, 0) is 22.5 Å². The van der Waals surface area contributed by atoms with E-state index in [1.165, 1.54) is 0 Å². The van der Waals surface area contributed by atoms with Crippen molar-refractivity contribution in [1.82, 2.24) is 0 Å². The molecule has 2 N–H and O–H groups in total. The summed E-state index contributed by atoms with van der Waals surface area (Å²) in [5.74, 6) is -0.479. The average molecular weight is 220 g/mol. The summed E-state index contributed by atoms with van der Waals surface area (Å²) in [5.41, 5.74) is 1.58. The van der Waals surface area contributed by atoms with Crippen molar-refractivity contribution in [2.24, 2.45) is 0 Å². The zero-order valence-corrected chi connectivity index (χ0v) is 8.80. The minimum atomic E-state index is -1.37. The summed E-state index contributed by atoms with van der Waals surface area (Å²) in [7, 11) is -1.37. The molecule has 1 aromatic rings. The van der Waals surface area contributed by atoms with E-state index in [1.54, 1.807) is 24.3 Å². The molecule has 4 nitrogen and oxygen atoms in total. The van der Waals surface area contributed by atoms with Gasteiger partial charge < -0.3 is 14.8 Å². The summed E-state index contributed by atoms with van der Waals surface area (Å²) < 4.78 is 4.86. The molecule has 0 fully saturated rings. The van der Waals surface area contributed by atoms with Crippen LogP contribution in [0, 0.1) is 0 Å². The van der Waals surface area contributed by atoms with Gasteiger partial charge in [-0.05, 0) is 11.1 Å². The number of carbonyl (C=O) groups is 1. The van der Waals surface area contributed by atoms with Gasteiger partial charge in [0.15, 0.2) is 0 Å². The number of benzene rings is 1. The highest BCUT2D eigenvalue weighted by molar-refractivity contribution is 6.40. The smallest absolute Gasteiger partial charge is 0.456 e. The minimum absolute atomic E-state index is 0.153. The van der Waals surface area contributed by atoms with Crippen molar-refractivity contribution in [2.75, 3.05) is 0 Å². The number of rotatable bonds is 5. The first kappa shape index (κ1) is 12.5. The zero-order chi connectivity index (χ0) is 12.0. The van der Waals surface area contributed by atoms with E-state index in [1.807, 2.05) is 0 Å². The van der Waals surface area contributed by atoms with Gasteiger partial charge in [0, 0.05) is 12.4 Å². The molecular formula is C11H13BO4. The zero-order valence-electron chi connectivity index (χ0n) is 8.80. The molecule has 0 saturated heterocycles. The summed E-state index contributed by atoms with van der Waals surface area (Å²) in [6.45, 7) is 3.44. The molecule has 0 atom stereocenters. The van der Waals surface area contributed by atoms with Gasteiger partial charge in [-0.25, -0.2) is 4.79 Å². The van der Waals surface area contributed by atoms with Gasteiger partial charge in [-0.2, -0.15) is 0 Å². The van der Waals surface area contributed by atoms with E-state index in [0.29, 0.717) is 0 Å². The number of ether oxygens (including phenoxy) is 1. The van der Waals surface area contributed by atoms with Crippen LogP contribution in [0.2, 0.25) is 0 Å². The third kappa shape index (κ3) is 4.29. The van der Waals surface area contributed by atoms with Crippen molar-refractivity contribution >= 4 is 13.1 Å². The summed E-state index contributed by atoms with van der Waals surface area (Å²) in [5, 5.41) is 17.6. The molecule has 5 heteroatoms. The molecule has 0 spiro atoms. The van der Waals surface area contributed by atoms with Gasteiger partial charge >= 0.3 is 13.1 Å². The van der Waals surface area contributed by atoms with Crippen LogP contribution in [-0.4, -0.2) is 23.1 Å². The van der Waals surface area contributed by atoms with E-state index in [4.69, 9.17) is 14.8 Å². The lowest BCUT2D eigenvalue weighted by Crippen LogP contribution is -2.15. The van der Waals surface area contributed by atoms with Crippen molar-refractivity contribution in [3.05, 3.63) is 48.0 Å². The minimum Gasteiger partial charge on any atom is -0.458 e. The monoisotopic (exact) mass is 220 g/mol. The first-order valence-corrected chi connectivity index (χ1v) is 4.85. The second-order valence-corrected chi connectivity index (χ2v) is 3.32. The van der Waals surface area contributed by atoms with E-state index < -0.39 is 13.1 Å². The maximum absolute atomic E-state index is 10.8. The summed E-state index contributed by atoms with van der Waals surface area (Å²) >= 11 is 0. The average Bonchev–Trinajstić information content (AvgIpc) is 2.25. The van der Waals surface area contributed by atoms with Crippen LogP contribution in [0.15, 0.2) is 36.9 Å². The quantitative estimate of drug-likeness (QED) is 0.430. The Hall–Kier alpha value is -1.59. The van der Waals surface area contributed by atoms with Crippen LogP contribution in [0.3, 0.4) is 0 Å². The molecule has 1 aromatic carbocycles. The van der Waals surface area contributed by atoms with Crippen molar-refractivity contribution in [2.45, 2.75) is 12.9 Å². The van der Waals surface area contributed by atoms with Gasteiger partial charge in [0.2, 0.25) is 0 Å². The van der Waals surface area contributed by atoms with Crippen molar-refractivity contribution in [1.29, 1.82) is 0 Å². The Balaban J connectivity index is 2.60. The van der Waals surface area contributed by atoms with Crippen LogP contribution >= 0.6 is 0 Å². The van der Waals surface area contributed by atoms with Crippen LogP contribution in [0.4, 0.5) is 0 Å². The molecule has 0 amide bonds. The van der Waals surface area contributed by atoms with E-state index >= 15 is 0 Å². The highest BCUT2D eigenvalue weighted by atomic mass is 16.5. The Kier molecular flexibility index (Phi) is 4.76. The molecule has 0 unspecified atom stereocenters. The first-order chi connectivity index (χ1) is 7.61. The Morgan fingerprint density at radius 2 is 2.12 bits per heavy atom. The fourth-order valence-corrected chi connectivity index (χ4v) is 1.27. The molecule has 84 valence electrons. The molecule has 0 bridgehead atoms. The molecule has 0 aliphatic carbocycles. The molecule has 0 aliphatic rings. The Morgan fingerprint density at radius 1 is 1.44 bits per heavy atom. The summed E-state index contributed by atoms with van der Waals surface area (Å²) in [6.07, 6.45) is 1.25. The Morgan fingerprint density at radius 3 is 2.75 bits per heavy atom. The number of hydrogen-bond donors (Lipinski definition) is 2. The van der Waals surface area contributed by atoms with Crippen LogP contribution < -0.4 is 0 Å². The molecule has 16 heavy (non-hydrogen) atoms. The predicted octanol–water partition coefficient (Wildman–Crippen LogP) is 0.470. The van der Waals surface area contributed by atoms with E-state index in [9.17, 15) is 4.79 Å². The third-order valence-corrected chi connectivity index (χ3v) is 1.96. The predicted molar refractivity (Wildman–Crippen MR) is 60.3 cm³/mol.